The smallest absolute Gasteiger partial charge is 0.235 e. The number of piperidine rings is 1. The molecule has 2 aliphatic heterocycles. The van der Waals surface area contributed by atoms with E-state index in [1.54, 1.807) is 25.5 Å². The predicted octanol–water partition coefficient (Wildman–Crippen LogP) is 4.33. The largest absolute Gasteiger partial charge is 0.495 e. The highest BCUT2D eigenvalue weighted by Crippen LogP contribution is 2.55. The van der Waals surface area contributed by atoms with Crippen LogP contribution in [0, 0.1) is 0 Å². The summed E-state index contributed by atoms with van der Waals surface area (Å²) in [5.74, 6) is 1.22. The number of methoxy groups -OCH3 is 1. The fourth-order valence-corrected chi connectivity index (χ4v) is 6.56. The average molecular weight is 470 g/mol. The molecule has 2 aromatic rings. The van der Waals surface area contributed by atoms with Gasteiger partial charge in [0, 0.05) is 25.4 Å². The molecule has 33 heavy (non-hydrogen) atoms. The van der Waals surface area contributed by atoms with Gasteiger partial charge in [0.25, 0.3) is 0 Å². The maximum atomic E-state index is 13.7. The van der Waals surface area contributed by atoms with E-state index in [9.17, 15) is 9.00 Å². The van der Waals surface area contributed by atoms with E-state index in [-0.39, 0.29) is 12.0 Å². The molecule has 0 bridgehead atoms. The van der Waals surface area contributed by atoms with Crippen LogP contribution < -0.4 is 14.8 Å². The zero-order valence-electron chi connectivity index (χ0n) is 19.4. The summed E-state index contributed by atoms with van der Waals surface area (Å²) in [6.07, 6.45) is 6.21. The normalized spacial score (nSPS) is 21.6. The molecule has 5 rings (SSSR count). The number of nitrogens with one attached hydrogen (secondary N) is 1. The van der Waals surface area contributed by atoms with Gasteiger partial charge in [-0.1, -0.05) is 18.6 Å². The molecule has 1 N–H and O–H groups in total. The number of benzene rings is 2. The molecule has 2 fully saturated rings. The molecule has 176 valence electrons. The molecule has 1 unspecified atom stereocenters. The van der Waals surface area contributed by atoms with Gasteiger partial charge < -0.3 is 19.7 Å². The zero-order valence-corrected chi connectivity index (χ0v) is 20.2. The van der Waals surface area contributed by atoms with Gasteiger partial charge >= 0.3 is 0 Å². The van der Waals surface area contributed by atoms with Gasteiger partial charge in [-0.3, -0.25) is 4.79 Å². The summed E-state index contributed by atoms with van der Waals surface area (Å²) < 4.78 is 30.3. The minimum Gasteiger partial charge on any atom is -0.495 e. The summed E-state index contributed by atoms with van der Waals surface area (Å²) in [5, 5.41) is 3.09. The number of carbonyl (C=O) groups is 1. The van der Waals surface area contributed by atoms with Gasteiger partial charge in [0.1, 0.15) is 17.6 Å². The lowest BCUT2D eigenvalue weighted by Crippen LogP contribution is -2.40. The summed E-state index contributed by atoms with van der Waals surface area (Å²) in [6.45, 7) is 1.95. The maximum absolute atomic E-state index is 13.7. The number of hydrogen-bond donors (Lipinski definition) is 1. The number of carbonyl (C=O) groups excluding carboxylic acids is 1. The van der Waals surface area contributed by atoms with E-state index in [1.165, 1.54) is 0 Å². The van der Waals surface area contributed by atoms with Crippen LogP contribution in [0.5, 0.6) is 11.5 Å². The summed E-state index contributed by atoms with van der Waals surface area (Å²) in [6, 6.07) is 11.0. The molecule has 1 atom stereocenters. The second kappa shape index (κ2) is 8.33. The van der Waals surface area contributed by atoms with Crippen molar-refractivity contribution < 1.29 is 18.5 Å². The number of nitrogens with zero attached hydrogens (tertiary/aromatic N) is 2. The molecule has 2 heterocycles. The minimum atomic E-state index is -2.79. The van der Waals surface area contributed by atoms with Crippen molar-refractivity contribution in [3.05, 3.63) is 42.0 Å². The first kappa shape index (κ1) is 22.2. The van der Waals surface area contributed by atoms with Crippen LogP contribution in [0.1, 0.15) is 37.7 Å². The summed E-state index contributed by atoms with van der Waals surface area (Å²) in [7, 11) is 0.892. The molecule has 1 saturated heterocycles. The second-order valence-electron chi connectivity index (χ2n) is 9.42. The molecule has 1 spiro atoms. The predicted molar refractivity (Wildman–Crippen MR) is 129 cm³/mol. The third-order valence-electron chi connectivity index (χ3n) is 7.20. The molecule has 7 nitrogen and oxygen atoms in total. The van der Waals surface area contributed by atoms with Gasteiger partial charge in [0.05, 0.1) is 38.5 Å². The Bertz CT molecular complexity index is 1210. The van der Waals surface area contributed by atoms with Gasteiger partial charge in [0.15, 0.2) is 0 Å². The van der Waals surface area contributed by atoms with Crippen molar-refractivity contribution in [1.82, 2.24) is 4.90 Å². The third kappa shape index (κ3) is 3.89. The van der Waals surface area contributed by atoms with Crippen LogP contribution >= 0.6 is 0 Å². The van der Waals surface area contributed by atoms with E-state index in [0.29, 0.717) is 22.1 Å². The van der Waals surface area contributed by atoms with Crippen LogP contribution in [-0.2, 0) is 19.9 Å². The lowest BCUT2D eigenvalue weighted by atomic mass is 9.65. The minimum absolute atomic E-state index is 0.0380. The summed E-state index contributed by atoms with van der Waals surface area (Å²) >= 11 is 0. The number of ether oxygens (including phenoxy) is 2. The first-order valence-electron chi connectivity index (χ1n) is 11.5. The standard InChI is InChI=1S/C25H31N3O4S/c1-28-13-9-18(10-14-28)32-21-16-17(15-19-23(21)26-24(29)25(19)11-6-12-25)27-33(3,30)22-8-5-4-7-20(22)31-2/h4-5,7-8,15-16,18H,6,9-14H2,1-3H3,(H,26,29). The monoisotopic (exact) mass is 469 g/mol. The van der Waals surface area contributed by atoms with E-state index in [4.69, 9.17) is 9.47 Å². The summed E-state index contributed by atoms with van der Waals surface area (Å²) in [5.41, 5.74) is 1.75. The SMILES string of the molecule is COc1ccccc1S(C)(=O)=Nc1cc(OC2CCN(C)CC2)c2c(c1)C1(CCC1)C(=O)N2. The van der Waals surface area contributed by atoms with Crippen molar-refractivity contribution in [2.45, 2.75) is 48.5 Å². The fraction of sp³-hybridized carbons (Fsp3) is 0.480. The average Bonchev–Trinajstić information content (AvgIpc) is 3.07. The molecule has 2 aromatic carbocycles. The number of fused-ring (bicyclic) bond motifs is 2. The number of para-hydroxylation sites is 1. The topological polar surface area (TPSA) is 80.2 Å². The van der Waals surface area contributed by atoms with Gasteiger partial charge in [-0.15, -0.1) is 0 Å². The number of amides is 1. The number of hydrogen-bond acceptors (Lipinski definition) is 6. The maximum Gasteiger partial charge on any atom is 0.235 e. The number of anilines is 1. The number of likely N-dealkylation sites (tertiary alicyclic amines) is 1. The summed E-state index contributed by atoms with van der Waals surface area (Å²) in [4.78, 5) is 15.8. The van der Waals surface area contributed by atoms with Crippen LogP contribution in [0.15, 0.2) is 45.7 Å². The number of rotatable bonds is 5. The molecule has 8 heteroatoms. The van der Waals surface area contributed by atoms with E-state index >= 15 is 0 Å². The van der Waals surface area contributed by atoms with E-state index in [1.807, 2.05) is 24.3 Å². The van der Waals surface area contributed by atoms with Crippen LogP contribution in [0.2, 0.25) is 0 Å². The fourth-order valence-electron chi connectivity index (χ4n) is 5.10. The first-order valence-corrected chi connectivity index (χ1v) is 13.5. The highest BCUT2D eigenvalue weighted by atomic mass is 32.2. The van der Waals surface area contributed by atoms with Gasteiger partial charge in [-0.2, -0.15) is 4.36 Å². The van der Waals surface area contributed by atoms with Crippen molar-refractivity contribution in [2.24, 2.45) is 4.36 Å². The highest BCUT2D eigenvalue weighted by Gasteiger charge is 2.52. The molecule has 0 aromatic heterocycles. The Morgan fingerprint density at radius 2 is 1.88 bits per heavy atom. The van der Waals surface area contributed by atoms with Crippen LogP contribution in [0.25, 0.3) is 0 Å². The van der Waals surface area contributed by atoms with Crippen molar-refractivity contribution >= 4 is 27.0 Å². The molecule has 1 amide bonds. The molecule has 1 aliphatic carbocycles. The molecular weight excluding hydrogens is 438 g/mol. The Balaban J connectivity index is 1.59. The Kier molecular flexibility index (Phi) is 5.61. The van der Waals surface area contributed by atoms with Gasteiger partial charge in [-0.25, -0.2) is 4.21 Å². The molecule has 1 saturated carbocycles. The van der Waals surface area contributed by atoms with Gasteiger partial charge in [0.2, 0.25) is 5.91 Å². The zero-order chi connectivity index (χ0) is 23.2. The molecule has 0 radical (unpaired) electrons. The highest BCUT2D eigenvalue weighted by molar-refractivity contribution is 7.93. The second-order valence-corrected chi connectivity index (χ2v) is 11.6. The van der Waals surface area contributed by atoms with Gasteiger partial charge in [-0.05, 0) is 56.5 Å². The first-order chi connectivity index (χ1) is 15.8. The molecular formula is C25H31N3O4S. The van der Waals surface area contributed by atoms with Crippen LogP contribution in [0.4, 0.5) is 11.4 Å². The van der Waals surface area contributed by atoms with Crippen molar-refractivity contribution in [1.29, 1.82) is 0 Å². The lowest BCUT2D eigenvalue weighted by molar-refractivity contribution is -0.123. The van der Waals surface area contributed by atoms with Crippen LogP contribution in [-0.4, -0.2) is 54.6 Å². The quantitative estimate of drug-likeness (QED) is 0.705. The van der Waals surface area contributed by atoms with Crippen LogP contribution in [0.3, 0.4) is 0 Å². The van der Waals surface area contributed by atoms with Crippen molar-refractivity contribution in [2.75, 3.05) is 38.8 Å². The Hall–Kier alpha value is -2.58. The molecule has 3 aliphatic rings. The lowest BCUT2D eigenvalue weighted by Gasteiger charge is -2.36. The third-order valence-corrected chi connectivity index (χ3v) is 8.91. The van der Waals surface area contributed by atoms with Crippen molar-refractivity contribution in [3.8, 4) is 11.5 Å². The van der Waals surface area contributed by atoms with E-state index in [0.717, 1.165) is 56.4 Å². The Morgan fingerprint density at radius 1 is 1.15 bits per heavy atom. The Morgan fingerprint density at radius 3 is 2.55 bits per heavy atom. The van der Waals surface area contributed by atoms with E-state index < -0.39 is 15.1 Å². The van der Waals surface area contributed by atoms with Crippen molar-refractivity contribution in [3.63, 3.8) is 0 Å². The van der Waals surface area contributed by atoms with E-state index in [2.05, 4.69) is 21.6 Å². The Labute approximate surface area is 195 Å².